The van der Waals surface area contributed by atoms with E-state index < -0.39 is 0 Å². The van der Waals surface area contributed by atoms with Gasteiger partial charge in [0.05, 0.1) is 4.99 Å². The first-order chi connectivity index (χ1) is 6.49. The minimum Gasteiger partial charge on any atom is -0.393 e. The molecule has 0 saturated carbocycles. The lowest BCUT2D eigenvalue weighted by Gasteiger charge is -2.20. The Hall–Kier alpha value is -0.640. The minimum absolute atomic E-state index is 0.0886. The van der Waals surface area contributed by atoms with E-state index in [2.05, 4.69) is 6.92 Å². The molecule has 0 bridgehead atoms. The van der Waals surface area contributed by atoms with Gasteiger partial charge in [0.1, 0.15) is 0 Å². The lowest BCUT2D eigenvalue weighted by Crippen LogP contribution is -2.34. The quantitative estimate of drug-likeness (QED) is 0.685. The summed E-state index contributed by atoms with van der Waals surface area (Å²) in [7, 11) is 1.83. The fourth-order valence-electron chi connectivity index (χ4n) is 1.27. The number of rotatable bonds is 6. The molecule has 4 heteroatoms. The normalized spacial score (nSPS) is 12.2. The highest BCUT2D eigenvalue weighted by atomic mass is 32.1. The van der Waals surface area contributed by atoms with Crippen LogP contribution in [0.5, 0.6) is 0 Å². The first-order valence-electron chi connectivity index (χ1n) is 5.02. The van der Waals surface area contributed by atoms with E-state index >= 15 is 0 Å². The average molecular weight is 216 g/mol. The number of nitrogens with zero attached hydrogens (tertiary/aromatic N) is 1. The Kier molecular flexibility index (Phi) is 6.45. The second kappa shape index (κ2) is 6.76. The van der Waals surface area contributed by atoms with Crippen LogP contribution in [-0.2, 0) is 4.79 Å². The third-order valence-corrected chi connectivity index (χ3v) is 2.32. The van der Waals surface area contributed by atoms with Crippen LogP contribution in [0.1, 0.15) is 33.1 Å². The third kappa shape index (κ3) is 5.17. The molecule has 0 aliphatic carbocycles. The molecule has 0 aliphatic rings. The van der Waals surface area contributed by atoms with Crippen LogP contribution in [0.4, 0.5) is 0 Å². The molecule has 0 heterocycles. The van der Waals surface area contributed by atoms with Crippen LogP contribution >= 0.6 is 12.2 Å². The smallest absolute Gasteiger partial charge is 0.225 e. The molecule has 0 aliphatic heterocycles. The predicted molar refractivity (Wildman–Crippen MR) is 63.1 cm³/mol. The first-order valence-corrected chi connectivity index (χ1v) is 5.43. The molecular formula is C10H20N2OS. The SMILES string of the molecule is CCCCN(C)C(=O)C(C)CC(N)=S. The first kappa shape index (κ1) is 13.4. The Labute approximate surface area is 91.6 Å². The van der Waals surface area contributed by atoms with E-state index in [1.807, 2.05) is 14.0 Å². The van der Waals surface area contributed by atoms with Gasteiger partial charge in [-0.3, -0.25) is 4.79 Å². The van der Waals surface area contributed by atoms with Crippen LogP contribution < -0.4 is 5.73 Å². The predicted octanol–water partition coefficient (Wildman–Crippen LogP) is 1.56. The summed E-state index contributed by atoms with van der Waals surface area (Å²) in [6, 6.07) is 0. The molecule has 0 aromatic rings. The summed E-state index contributed by atoms with van der Waals surface area (Å²) in [6.07, 6.45) is 2.65. The molecule has 14 heavy (non-hydrogen) atoms. The van der Waals surface area contributed by atoms with Crippen molar-refractivity contribution in [2.75, 3.05) is 13.6 Å². The van der Waals surface area contributed by atoms with Gasteiger partial charge in [0, 0.05) is 25.9 Å². The van der Waals surface area contributed by atoms with Gasteiger partial charge in [-0.15, -0.1) is 0 Å². The van der Waals surface area contributed by atoms with Crippen molar-refractivity contribution in [2.24, 2.45) is 11.7 Å². The van der Waals surface area contributed by atoms with Gasteiger partial charge in [-0.25, -0.2) is 0 Å². The van der Waals surface area contributed by atoms with Crippen molar-refractivity contribution in [1.29, 1.82) is 0 Å². The van der Waals surface area contributed by atoms with Gasteiger partial charge < -0.3 is 10.6 Å². The number of carbonyl (C=O) groups excluding carboxylic acids is 1. The number of hydrogen-bond donors (Lipinski definition) is 1. The summed E-state index contributed by atoms with van der Waals surface area (Å²) >= 11 is 4.77. The molecule has 0 saturated heterocycles. The Bertz CT molecular complexity index is 206. The van der Waals surface area contributed by atoms with Gasteiger partial charge >= 0.3 is 0 Å². The fourth-order valence-corrected chi connectivity index (χ4v) is 1.52. The number of thiocarbonyl (C=S) groups is 1. The standard InChI is InChI=1S/C10H20N2OS/c1-4-5-6-12(3)10(13)8(2)7-9(11)14/h8H,4-7H2,1-3H3,(H2,11,14). The molecule has 0 aromatic carbocycles. The Balaban J connectivity index is 3.97. The third-order valence-electron chi connectivity index (χ3n) is 2.15. The van der Waals surface area contributed by atoms with E-state index in [0.717, 1.165) is 19.4 Å². The number of hydrogen-bond acceptors (Lipinski definition) is 2. The van der Waals surface area contributed by atoms with Crippen LogP contribution in [0.15, 0.2) is 0 Å². The van der Waals surface area contributed by atoms with Crippen LogP contribution in [0.25, 0.3) is 0 Å². The summed E-state index contributed by atoms with van der Waals surface area (Å²) < 4.78 is 0. The summed E-state index contributed by atoms with van der Waals surface area (Å²) in [4.78, 5) is 13.9. The Morgan fingerprint density at radius 1 is 1.57 bits per heavy atom. The van der Waals surface area contributed by atoms with Gasteiger partial charge in [0.15, 0.2) is 0 Å². The van der Waals surface area contributed by atoms with Gasteiger partial charge in [0.25, 0.3) is 0 Å². The van der Waals surface area contributed by atoms with Gasteiger partial charge in [-0.05, 0) is 6.42 Å². The molecule has 0 fully saturated rings. The molecule has 0 rings (SSSR count). The zero-order valence-corrected chi connectivity index (χ0v) is 10.1. The molecular weight excluding hydrogens is 196 g/mol. The Morgan fingerprint density at radius 3 is 2.57 bits per heavy atom. The van der Waals surface area contributed by atoms with Crippen LogP contribution in [-0.4, -0.2) is 29.4 Å². The second-order valence-electron chi connectivity index (χ2n) is 3.68. The molecule has 1 atom stereocenters. The van der Waals surface area contributed by atoms with Crippen molar-refractivity contribution in [1.82, 2.24) is 4.90 Å². The molecule has 0 radical (unpaired) electrons. The maximum absolute atomic E-state index is 11.7. The number of amides is 1. The maximum Gasteiger partial charge on any atom is 0.225 e. The molecule has 1 unspecified atom stereocenters. The van der Waals surface area contributed by atoms with E-state index in [-0.39, 0.29) is 11.8 Å². The van der Waals surface area contributed by atoms with E-state index in [1.54, 1.807) is 4.90 Å². The molecule has 3 nitrogen and oxygen atoms in total. The fraction of sp³-hybridized carbons (Fsp3) is 0.800. The van der Waals surface area contributed by atoms with Gasteiger partial charge in [-0.1, -0.05) is 32.5 Å². The maximum atomic E-state index is 11.7. The van der Waals surface area contributed by atoms with E-state index in [1.165, 1.54) is 0 Å². The summed E-state index contributed by atoms with van der Waals surface area (Å²) in [5.41, 5.74) is 5.39. The topological polar surface area (TPSA) is 46.3 Å². The molecule has 82 valence electrons. The monoisotopic (exact) mass is 216 g/mol. The molecule has 0 aromatic heterocycles. The largest absolute Gasteiger partial charge is 0.393 e. The summed E-state index contributed by atoms with van der Waals surface area (Å²) in [5, 5.41) is 0. The molecule has 1 amide bonds. The van der Waals surface area contributed by atoms with E-state index in [0.29, 0.717) is 11.4 Å². The van der Waals surface area contributed by atoms with Crippen LogP contribution in [0.3, 0.4) is 0 Å². The van der Waals surface area contributed by atoms with Crippen molar-refractivity contribution < 1.29 is 4.79 Å². The molecule has 2 N–H and O–H groups in total. The summed E-state index contributed by atoms with van der Waals surface area (Å²) in [6.45, 7) is 4.79. The van der Waals surface area contributed by atoms with Gasteiger partial charge in [0.2, 0.25) is 5.91 Å². The highest BCUT2D eigenvalue weighted by molar-refractivity contribution is 7.80. The number of nitrogens with two attached hydrogens (primary N) is 1. The van der Waals surface area contributed by atoms with Crippen molar-refractivity contribution >= 4 is 23.1 Å². The Morgan fingerprint density at radius 2 is 2.14 bits per heavy atom. The summed E-state index contributed by atoms with van der Waals surface area (Å²) in [5.74, 6) is 0.0422. The number of unbranched alkanes of at least 4 members (excludes halogenated alkanes) is 1. The van der Waals surface area contributed by atoms with E-state index in [9.17, 15) is 4.79 Å². The zero-order valence-electron chi connectivity index (χ0n) is 9.25. The lowest BCUT2D eigenvalue weighted by molar-refractivity contribution is -0.133. The van der Waals surface area contributed by atoms with Crippen molar-refractivity contribution in [3.63, 3.8) is 0 Å². The van der Waals surface area contributed by atoms with Crippen LogP contribution in [0, 0.1) is 5.92 Å². The lowest BCUT2D eigenvalue weighted by atomic mass is 10.1. The number of carbonyl (C=O) groups is 1. The van der Waals surface area contributed by atoms with Crippen molar-refractivity contribution in [2.45, 2.75) is 33.1 Å². The molecule has 0 spiro atoms. The van der Waals surface area contributed by atoms with Crippen molar-refractivity contribution in [3.05, 3.63) is 0 Å². The van der Waals surface area contributed by atoms with Crippen molar-refractivity contribution in [3.8, 4) is 0 Å². The average Bonchev–Trinajstić information content (AvgIpc) is 2.11. The van der Waals surface area contributed by atoms with Crippen LogP contribution in [0.2, 0.25) is 0 Å². The van der Waals surface area contributed by atoms with E-state index in [4.69, 9.17) is 18.0 Å². The highest BCUT2D eigenvalue weighted by Gasteiger charge is 2.17. The zero-order chi connectivity index (χ0) is 11.1. The minimum atomic E-state index is -0.0886. The van der Waals surface area contributed by atoms with Gasteiger partial charge in [-0.2, -0.15) is 0 Å². The highest BCUT2D eigenvalue weighted by Crippen LogP contribution is 2.06. The second-order valence-corrected chi connectivity index (χ2v) is 4.21.